The standard InChI is InChI=1S/C32H33F3N4O3/c33-32(34,35)24-3-5-26(6-4-24)39-16-11-27(12-17-39)41-28-7-8-29-23(18-28)19-30(42-29)31(40)37-25-9-14-38(15-10-25)21-22-2-1-13-36-20-22/h1-8,13,18-20,25,27H,9-12,14-17,21H2,(H,37,40). The maximum Gasteiger partial charge on any atom is 0.416 e. The number of aromatic nitrogens is 1. The summed E-state index contributed by atoms with van der Waals surface area (Å²) >= 11 is 0. The van der Waals surface area contributed by atoms with E-state index in [2.05, 4.69) is 26.2 Å². The monoisotopic (exact) mass is 578 g/mol. The van der Waals surface area contributed by atoms with Crippen molar-refractivity contribution in [3.63, 3.8) is 0 Å². The number of halogens is 3. The second kappa shape index (κ2) is 12.1. The van der Waals surface area contributed by atoms with E-state index in [1.807, 2.05) is 30.5 Å². The first kappa shape index (κ1) is 28.1. The highest BCUT2D eigenvalue weighted by Gasteiger charge is 2.30. The van der Waals surface area contributed by atoms with Crippen LogP contribution in [0.15, 0.2) is 77.5 Å². The summed E-state index contributed by atoms with van der Waals surface area (Å²) in [4.78, 5) is 21.6. The molecular formula is C32H33F3N4O3. The summed E-state index contributed by atoms with van der Waals surface area (Å²) in [7, 11) is 0. The molecule has 2 aliphatic rings. The molecule has 2 aliphatic heterocycles. The highest BCUT2D eigenvalue weighted by atomic mass is 19.4. The molecule has 2 fully saturated rings. The lowest BCUT2D eigenvalue weighted by atomic mass is 10.0. The van der Waals surface area contributed by atoms with Crippen LogP contribution in [0.1, 0.15) is 47.4 Å². The van der Waals surface area contributed by atoms with Crippen molar-refractivity contribution in [1.82, 2.24) is 15.2 Å². The van der Waals surface area contributed by atoms with Crippen LogP contribution in [-0.4, -0.2) is 54.1 Å². The zero-order valence-electron chi connectivity index (χ0n) is 23.1. The fourth-order valence-corrected chi connectivity index (χ4v) is 5.73. The number of carbonyl (C=O) groups excluding carboxylic acids is 1. The van der Waals surface area contributed by atoms with E-state index >= 15 is 0 Å². The van der Waals surface area contributed by atoms with Gasteiger partial charge in [-0.3, -0.25) is 14.7 Å². The molecule has 6 rings (SSSR count). The maximum absolute atomic E-state index is 13.0. The molecule has 220 valence electrons. The summed E-state index contributed by atoms with van der Waals surface area (Å²) in [6.07, 6.45) is 2.58. The van der Waals surface area contributed by atoms with Crippen LogP contribution < -0.4 is 15.0 Å². The molecule has 0 atom stereocenters. The van der Waals surface area contributed by atoms with E-state index in [-0.39, 0.29) is 23.8 Å². The first-order valence-electron chi connectivity index (χ1n) is 14.3. The van der Waals surface area contributed by atoms with Crippen LogP contribution in [0, 0.1) is 0 Å². The van der Waals surface area contributed by atoms with Crippen LogP contribution in [0.4, 0.5) is 18.9 Å². The fraction of sp³-hybridized carbons (Fsp3) is 0.375. The van der Waals surface area contributed by atoms with Crippen molar-refractivity contribution in [1.29, 1.82) is 0 Å². The molecule has 7 nitrogen and oxygen atoms in total. The topological polar surface area (TPSA) is 70.8 Å². The Balaban J connectivity index is 0.989. The Morgan fingerprint density at radius 3 is 2.43 bits per heavy atom. The zero-order chi connectivity index (χ0) is 29.1. The van der Waals surface area contributed by atoms with Crippen LogP contribution >= 0.6 is 0 Å². The number of amides is 1. The minimum absolute atomic E-state index is 0.00756. The van der Waals surface area contributed by atoms with Gasteiger partial charge >= 0.3 is 6.18 Å². The second-order valence-electron chi connectivity index (χ2n) is 11.0. The van der Waals surface area contributed by atoms with Gasteiger partial charge in [-0.25, -0.2) is 0 Å². The van der Waals surface area contributed by atoms with Crippen molar-refractivity contribution in [3.05, 3.63) is 89.9 Å². The third-order valence-corrected chi connectivity index (χ3v) is 8.07. The van der Waals surface area contributed by atoms with Gasteiger partial charge < -0.3 is 19.4 Å². The zero-order valence-corrected chi connectivity index (χ0v) is 23.1. The van der Waals surface area contributed by atoms with Crippen LogP contribution in [0.3, 0.4) is 0 Å². The molecule has 2 saturated heterocycles. The first-order chi connectivity index (χ1) is 20.3. The van der Waals surface area contributed by atoms with E-state index in [1.165, 1.54) is 17.7 Å². The van der Waals surface area contributed by atoms with Crippen molar-refractivity contribution in [2.45, 2.75) is 50.6 Å². The number of fused-ring (bicyclic) bond motifs is 1. The summed E-state index contributed by atoms with van der Waals surface area (Å²) in [6.45, 7) is 4.06. The summed E-state index contributed by atoms with van der Waals surface area (Å²) < 4.78 is 50.7. The minimum Gasteiger partial charge on any atom is -0.490 e. The van der Waals surface area contributed by atoms with E-state index in [9.17, 15) is 18.0 Å². The largest absolute Gasteiger partial charge is 0.490 e. The second-order valence-corrected chi connectivity index (χ2v) is 11.0. The van der Waals surface area contributed by atoms with Crippen LogP contribution in [-0.2, 0) is 12.7 Å². The normalized spacial score (nSPS) is 17.5. The predicted molar refractivity (Wildman–Crippen MR) is 154 cm³/mol. The number of ether oxygens (including phenoxy) is 1. The molecule has 0 radical (unpaired) electrons. The average Bonchev–Trinajstić information content (AvgIpc) is 3.43. The van der Waals surface area contributed by atoms with Gasteiger partial charge in [0.25, 0.3) is 5.91 Å². The molecular weight excluding hydrogens is 545 g/mol. The summed E-state index contributed by atoms with van der Waals surface area (Å²) in [5, 5.41) is 3.92. The molecule has 10 heteroatoms. The molecule has 1 amide bonds. The Morgan fingerprint density at radius 2 is 1.74 bits per heavy atom. The molecule has 0 spiro atoms. The average molecular weight is 579 g/mol. The summed E-state index contributed by atoms with van der Waals surface area (Å²) in [6, 6.07) is 16.7. The van der Waals surface area contributed by atoms with Crippen LogP contribution in [0.25, 0.3) is 11.0 Å². The van der Waals surface area contributed by atoms with Gasteiger partial charge in [0.2, 0.25) is 0 Å². The lowest BCUT2D eigenvalue weighted by Crippen LogP contribution is -2.44. The van der Waals surface area contributed by atoms with Crippen molar-refractivity contribution in [2.75, 3.05) is 31.1 Å². The summed E-state index contributed by atoms with van der Waals surface area (Å²) in [5.41, 5.74) is 1.95. The Labute approximate surface area is 242 Å². The number of piperidine rings is 2. The van der Waals surface area contributed by atoms with Gasteiger partial charge in [0, 0.05) is 75.1 Å². The number of anilines is 1. The number of benzene rings is 2. The van der Waals surface area contributed by atoms with Gasteiger partial charge in [0.05, 0.1) is 5.56 Å². The highest BCUT2D eigenvalue weighted by molar-refractivity contribution is 5.96. The highest BCUT2D eigenvalue weighted by Crippen LogP contribution is 2.32. The van der Waals surface area contributed by atoms with E-state index in [0.717, 1.165) is 68.5 Å². The van der Waals surface area contributed by atoms with Crippen molar-refractivity contribution in [2.24, 2.45) is 0 Å². The number of furan rings is 1. The number of nitrogens with one attached hydrogen (secondary N) is 1. The van der Waals surface area contributed by atoms with Gasteiger partial charge in [-0.2, -0.15) is 13.2 Å². The quantitative estimate of drug-likeness (QED) is 0.278. The molecule has 0 unspecified atom stereocenters. The van der Waals surface area contributed by atoms with Gasteiger partial charge in [-0.15, -0.1) is 0 Å². The lowest BCUT2D eigenvalue weighted by molar-refractivity contribution is -0.137. The smallest absolute Gasteiger partial charge is 0.416 e. The van der Waals surface area contributed by atoms with Crippen LogP contribution in [0.5, 0.6) is 5.75 Å². The molecule has 42 heavy (non-hydrogen) atoms. The maximum atomic E-state index is 13.0. The van der Waals surface area contributed by atoms with E-state index in [0.29, 0.717) is 24.4 Å². The number of likely N-dealkylation sites (tertiary alicyclic amines) is 1. The third kappa shape index (κ3) is 6.70. The van der Waals surface area contributed by atoms with Gasteiger partial charge in [-0.1, -0.05) is 6.07 Å². The van der Waals surface area contributed by atoms with Crippen molar-refractivity contribution >= 4 is 22.6 Å². The number of hydrogen-bond acceptors (Lipinski definition) is 6. The summed E-state index contributed by atoms with van der Waals surface area (Å²) in [5.74, 6) is 0.768. The van der Waals surface area contributed by atoms with Crippen molar-refractivity contribution < 1.29 is 27.1 Å². The molecule has 0 bridgehead atoms. The fourth-order valence-electron chi connectivity index (χ4n) is 5.73. The molecule has 4 aromatic rings. The number of pyridine rings is 1. The van der Waals surface area contributed by atoms with Crippen LogP contribution in [0.2, 0.25) is 0 Å². The Bertz CT molecular complexity index is 1490. The molecule has 2 aromatic carbocycles. The van der Waals surface area contributed by atoms with Crippen molar-refractivity contribution in [3.8, 4) is 5.75 Å². The molecule has 0 saturated carbocycles. The van der Waals surface area contributed by atoms with Gasteiger partial charge in [-0.05, 0) is 73.0 Å². The first-order valence-corrected chi connectivity index (χ1v) is 14.3. The number of carbonyl (C=O) groups is 1. The number of alkyl halides is 3. The Hall–Kier alpha value is -4.05. The Kier molecular flexibility index (Phi) is 8.06. The molecule has 4 heterocycles. The molecule has 2 aromatic heterocycles. The van der Waals surface area contributed by atoms with Gasteiger partial charge in [0.1, 0.15) is 17.4 Å². The molecule has 1 N–H and O–H groups in total. The van der Waals surface area contributed by atoms with E-state index in [4.69, 9.17) is 9.15 Å². The third-order valence-electron chi connectivity index (χ3n) is 8.07. The molecule has 0 aliphatic carbocycles. The van der Waals surface area contributed by atoms with E-state index in [1.54, 1.807) is 12.3 Å². The SMILES string of the molecule is O=C(NC1CCN(Cc2cccnc2)CC1)c1cc2cc(OC3CCN(c4ccc(C(F)(F)F)cc4)CC3)ccc2o1. The minimum atomic E-state index is -4.33. The van der Waals surface area contributed by atoms with E-state index < -0.39 is 11.7 Å². The predicted octanol–water partition coefficient (Wildman–Crippen LogP) is 6.29. The number of nitrogens with zero attached hydrogens (tertiary/aromatic N) is 3. The van der Waals surface area contributed by atoms with Gasteiger partial charge in [0.15, 0.2) is 5.76 Å². The Morgan fingerprint density at radius 1 is 0.976 bits per heavy atom. The number of rotatable bonds is 7. The number of hydrogen-bond donors (Lipinski definition) is 1. The lowest BCUT2D eigenvalue weighted by Gasteiger charge is -2.33.